The molecule has 0 unspecified atom stereocenters. The van der Waals surface area contributed by atoms with Crippen molar-refractivity contribution in [1.29, 1.82) is 0 Å². The lowest BCUT2D eigenvalue weighted by molar-refractivity contribution is -0.139. The van der Waals surface area contributed by atoms with Crippen molar-refractivity contribution in [1.82, 2.24) is 5.32 Å². The lowest BCUT2D eigenvalue weighted by atomic mass is 9.53. The summed E-state index contributed by atoms with van der Waals surface area (Å²) in [5, 5.41) is 15.0. The van der Waals surface area contributed by atoms with Gasteiger partial charge >= 0.3 is 11.8 Å². The molecule has 5 nitrogen and oxygen atoms in total. The van der Waals surface area contributed by atoms with E-state index in [1.807, 2.05) is 0 Å². The molecule has 4 aliphatic rings. The van der Waals surface area contributed by atoms with Crippen molar-refractivity contribution in [3.05, 3.63) is 24.3 Å². The average molecular weight is 314 g/mol. The molecule has 4 aliphatic carbocycles. The van der Waals surface area contributed by atoms with Crippen LogP contribution >= 0.6 is 0 Å². The van der Waals surface area contributed by atoms with Crippen LogP contribution in [-0.4, -0.2) is 22.5 Å². The molecule has 1 aromatic rings. The summed E-state index contributed by atoms with van der Waals surface area (Å²) >= 11 is 0. The number of hydrogen-bond acceptors (Lipinski definition) is 3. The Morgan fingerprint density at radius 1 is 1.00 bits per heavy atom. The van der Waals surface area contributed by atoms with Gasteiger partial charge in [0.05, 0.1) is 0 Å². The third-order valence-electron chi connectivity index (χ3n) is 5.73. The van der Waals surface area contributed by atoms with Gasteiger partial charge in [-0.1, -0.05) is 6.07 Å². The number of phenols is 1. The maximum atomic E-state index is 12.3. The minimum Gasteiger partial charge on any atom is -0.508 e. The molecule has 1 aromatic carbocycles. The Morgan fingerprint density at radius 2 is 1.61 bits per heavy atom. The van der Waals surface area contributed by atoms with Crippen LogP contribution in [0.5, 0.6) is 5.75 Å². The number of phenolic OH excluding ortho intramolecular Hbond substituents is 1. The number of nitrogens with one attached hydrogen (secondary N) is 2. The molecule has 3 N–H and O–H groups in total. The maximum Gasteiger partial charge on any atom is 0.313 e. The summed E-state index contributed by atoms with van der Waals surface area (Å²) in [6.07, 6.45) is 6.94. The molecular weight excluding hydrogens is 292 g/mol. The van der Waals surface area contributed by atoms with Crippen molar-refractivity contribution < 1.29 is 14.7 Å². The van der Waals surface area contributed by atoms with Gasteiger partial charge < -0.3 is 15.7 Å². The summed E-state index contributed by atoms with van der Waals surface area (Å²) in [6, 6.07) is 6.22. The van der Waals surface area contributed by atoms with Crippen LogP contribution in [0.3, 0.4) is 0 Å². The highest BCUT2D eigenvalue weighted by molar-refractivity contribution is 6.39. The van der Waals surface area contributed by atoms with Gasteiger partial charge in [0.25, 0.3) is 0 Å². The predicted molar refractivity (Wildman–Crippen MR) is 85.8 cm³/mol. The van der Waals surface area contributed by atoms with Crippen molar-refractivity contribution in [2.45, 2.75) is 44.1 Å². The normalized spacial score (nSPS) is 34.2. The van der Waals surface area contributed by atoms with E-state index in [0.29, 0.717) is 5.69 Å². The monoisotopic (exact) mass is 314 g/mol. The third kappa shape index (κ3) is 2.80. The van der Waals surface area contributed by atoms with Gasteiger partial charge in [-0.25, -0.2) is 0 Å². The Kier molecular flexibility index (Phi) is 3.32. The number of carbonyl (C=O) groups is 2. The van der Waals surface area contributed by atoms with Crippen molar-refractivity contribution in [2.75, 3.05) is 5.32 Å². The number of aromatic hydroxyl groups is 1. The van der Waals surface area contributed by atoms with Gasteiger partial charge in [-0.2, -0.15) is 0 Å². The largest absolute Gasteiger partial charge is 0.508 e. The Labute approximate surface area is 135 Å². The molecule has 4 fully saturated rings. The van der Waals surface area contributed by atoms with E-state index in [1.54, 1.807) is 12.1 Å². The molecule has 2 amide bonds. The lowest BCUT2D eigenvalue weighted by Gasteiger charge is -2.56. The zero-order valence-electron chi connectivity index (χ0n) is 13.0. The maximum absolute atomic E-state index is 12.3. The molecular formula is C18H22N2O3. The van der Waals surface area contributed by atoms with Crippen LogP contribution in [0.1, 0.15) is 38.5 Å². The number of hydrogen-bond donors (Lipinski definition) is 3. The number of rotatable bonds is 2. The van der Waals surface area contributed by atoms with Gasteiger partial charge in [0.2, 0.25) is 0 Å². The van der Waals surface area contributed by atoms with E-state index >= 15 is 0 Å². The molecule has 122 valence electrons. The summed E-state index contributed by atoms with van der Waals surface area (Å²) in [6.45, 7) is 0. The minimum atomic E-state index is -0.661. The van der Waals surface area contributed by atoms with Crippen molar-refractivity contribution in [3.63, 3.8) is 0 Å². The van der Waals surface area contributed by atoms with Crippen LogP contribution in [0, 0.1) is 17.8 Å². The van der Waals surface area contributed by atoms with Crippen LogP contribution in [0.2, 0.25) is 0 Å². The summed E-state index contributed by atoms with van der Waals surface area (Å²) in [5.74, 6) is 0.993. The molecule has 0 heterocycles. The van der Waals surface area contributed by atoms with Crippen LogP contribution < -0.4 is 10.6 Å². The van der Waals surface area contributed by atoms with Crippen LogP contribution in [0.4, 0.5) is 5.69 Å². The molecule has 23 heavy (non-hydrogen) atoms. The van der Waals surface area contributed by atoms with Gasteiger partial charge in [0, 0.05) is 17.3 Å². The van der Waals surface area contributed by atoms with Gasteiger partial charge in [0.1, 0.15) is 5.75 Å². The van der Waals surface area contributed by atoms with Crippen molar-refractivity contribution >= 4 is 17.5 Å². The molecule has 4 saturated carbocycles. The first-order valence-corrected chi connectivity index (χ1v) is 8.44. The highest BCUT2D eigenvalue weighted by atomic mass is 16.3. The second kappa shape index (κ2) is 5.25. The molecule has 0 aromatic heterocycles. The molecule has 0 spiro atoms. The molecule has 5 rings (SSSR count). The molecule has 0 saturated heterocycles. The van der Waals surface area contributed by atoms with Crippen LogP contribution in [0.25, 0.3) is 0 Å². The molecule has 0 radical (unpaired) electrons. The average Bonchev–Trinajstić information content (AvgIpc) is 2.45. The number of benzene rings is 1. The Morgan fingerprint density at radius 3 is 2.17 bits per heavy atom. The fourth-order valence-corrected chi connectivity index (χ4v) is 5.33. The molecule has 4 bridgehead atoms. The summed E-state index contributed by atoms with van der Waals surface area (Å²) < 4.78 is 0. The van der Waals surface area contributed by atoms with Crippen molar-refractivity contribution in [3.8, 4) is 5.75 Å². The summed E-state index contributed by atoms with van der Waals surface area (Å²) in [4.78, 5) is 24.5. The van der Waals surface area contributed by atoms with Crippen molar-refractivity contribution in [2.24, 2.45) is 17.8 Å². The van der Waals surface area contributed by atoms with E-state index in [9.17, 15) is 14.7 Å². The van der Waals surface area contributed by atoms with E-state index in [2.05, 4.69) is 10.6 Å². The van der Waals surface area contributed by atoms with E-state index in [1.165, 1.54) is 31.4 Å². The SMILES string of the molecule is O=C(Nc1cccc(O)c1)C(=O)NC12CC3CC(CC(C3)C1)C2. The van der Waals surface area contributed by atoms with E-state index in [0.717, 1.165) is 37.0 Å². The number of amides is 2. The fourth-order valence-electron chi connectivity index (χ4n) is 5.33. The Hall–Kier alpha value is -2.04. The number of anilines is 1. The van der Waals surface area contributed by atoms with Gasteiger partial charge in [-0.15, -0.1) is 0 Å². The smallest absolute Gasteiger partial charge is 0.313 e. The third-order valence-corrected chi connectivity index (χ3v) is 5.73. The molecule has 0 aliphatic heterocycles. The fraction of sp³-hybridized carbons (Fsp3) is 0.556. The zero-order chi connectivity index (χ0) is 16.0. The minimum absolute atomic E-state index is 0.0595. The van der Waals surface area contributed by atoms with Gasteiger partial charge in [-0.3, -0.25) is 9.59 Å². The Bertz CT molecular complexity index is 620. The highest BCUT2D eigenvalue weighted by Crippen LogP contribution is 2.55. The first-order chi connectivity index (χ1) is 11.0. The molecule has 5 heteroatoms. The predicted octanol–water partition coefficient (Wildman–Crippen LogP) is 2.42. The standard InChI is InChI=1S/C18H22N2O3/c21-15-3-1-2-14(7-15)19-16(22)17(23)20-18-8-11-4-12(9-18)6-13(5-11)10-18/h1-3,7,11-13,21H,4-6,8-10H2,(H,19,22)(H,20,23). The quantitative estimate of drug-likeness (QED) is 0.734. The molecule has 0 atom stereocenters. The topological polar surface area (TPSA) is 78.4 Å². The van der Waals surface area contributed by atoms with Gasteiger partial charge in [0.15, 0.2) is 0 Å². The highest BCUT2D eigenvalue weighted by Gasteiger charge is 2.51. The first kappa shape index (κ1) is 14.5. The second-order valence-electron chi connectivity index (χ2n) is 7.66. The van der Waals surface area contributed by atoms with Gasteiger partial charge in [-0.05, 0) is 68.4 Å². The number of carbonyl (C=O) groups excluding carboxylic acids is 2. The second-order valence-corrected chi connectivity index (χ2v) is 7.66. The lowest BCUT2D eigenvalue weighted by Crippen LogP contribution is -2.61. The van der Waals surface area contributed by atoms with E-state index in [-0.39, 0.29) is 11.3 Å². The summed E-state index contributed by atoms with van der Waals surface area (Å²) in [7, 11) is 0. The Balaban J connectivity index is 1.42. The summed E-state index contributed by atoms with van der Waals surface area (Å²) in [5.41, 5.74) is 0.262. The first-order valence-electron chi connectivity index (χ1n) is 8.44. The van der Waals surface area contributed by atoms with Crippen LogP contribution in [0.15, 0.2) is 24.3 Å². The zero-order valence-corrected chi connectivity index (χ0v) is 13.0. The van der Waals surface area contributed by atoms with Crippen LogP contribution in [-0.2, 0) is 9.59 Å². The van der Waals surface area contributed by atoms with E-state index in [4.69, 9.17) is 0 Å². The van der Waals surface area contributed by atoms with E-state index < -0.39 is 11.8 Å².